The topological polar surface area (TPSA) is 101 Å². The molecule has 1 fully saturated rings. The van der Waals surface area contributed by atoms with Crippen LogP contribution in [-0.4, -0.2) is 34.1 Å². The second kappa shape index (κ2) is 9.09. The van der Waals surface area contributed by atoms with Crippen molar-refractivity contribution in [3.63, 3.8) is 0 Å². The zero-order valence-corrected chi connectivity index (χ0v) is 17.5. The molecule has 0 aliphatic carbocycles. The van der Waals surface area contributed by atoms with E-state index in [1.165, 1.54) is 6.07 Å². The van der Waals surface area contributed by atoms with E-state index in [9.17, 15) is 19.3 Å². The van der Waals surface area contributed by atoms with Gasteiger partial charge >= 0.3 is 5.69 Å². The predicted octanol–water partition coefficient (Wildman–Crippen LogP) is 4.35. The van der Waals surface area contributed by atoms with Gasteiger partial charge in [-0.25, -0.2) is 0 Å². The Morgan fingerprint density at radius 2 is 1.88 bits per heavy atom. The summed E-state index contributed by atoms with van der Waals surface area (Å²) in [4.78, 5) is 24.7. The lowest BCUT2D eigenvalue weighted by molar-refractivity contribution is -0.387. The molecular formula is C23H22FN5O3. The van der Waals surface area contributed by atoms with E-state index >= 15 is 0 Å². The third-order valence-electron chi connectivity index (χ3n) is 5.67. The first kappa shape index (κ1) is 21.4. The molecule has 1 saturated heterocycles. The molecule has 4 rings (SSSR count). The highest BCUT2D eigenvalue weighted by molar-refractivity contribution is 5.93. The summed E-state index contributed by atoms with van der Waals surface area (Å²) in [6.07, 6.45) is 1.21. The van der Waals surface area contributed by atoms with Crippen LogP contribution in [0.4, 0.5) is 21.6 Å². The monoisotopic (exact) mass is 435 g/mol. The number of piperidine rings is 1. The van der Waals surface area contributed by atoms with Gasteiger partial charge in [-0.3, -0.25) is 14.9 Å². The Morgan fingerprint density at radius 3 is 2.53 bits per heavy atom. The zero-order valence-electron chi connectivity index (χ0n) is 17.5. The van der Waals surface area contributed by atoms with Gasteiger partial charge in [-0.05, 0) is 49.6 Å². The molecule has 32 heavy (non-hydrogen) atoms. The third-order valence-corrected chi connectivity index (χ3v) is 5.67. The molecule has 2 aromatic carbocycles. The number of nitro benzene ring substituents is 1. The fourth-order valence-corrected chi connectivity index (χ4v) is 3.84. The highest BCUT2D eigenvalue weighted by atomic mass is 19.1. The molecule has 1 amide bonds. The second-order valence-corrected chi connectivity index (χ2v) is 7.77. The number of carbonyl (C=O) groups is 1. The first-order valence-electron chi connectivity index (χ1n) is 10.3. The van der Waals surface area contributed by atoms with E-state index in [4.69, 9.17) is 0 Å². The van der Waals surface area contributed by atoms with Crippen LogP contribution >= 0.6 is 0 Å². The molecule has 0 radical (unpaired) electrons. The number of hydrogen-bond donors (Lipinski definition) is 1. The first-order chi connectivity index (χ1) is 15.4. The summed E-state index contributed by atoms with van der Waals surface area (Å²) in [5.41, 5.74) is 2.54. The van der Waals surface area contributed by atoms with Crippen molar-refractivity contribution in [2.24, 2.45) is 5.92 Å². The average molecular weight is 435 g/mol. The number of halogens is 1. The number of nitrogens with zero attached hydrogens (tertiary/aromatic N) is 4. The Hall–Kier alpha value is -3.88. The van der Waals surface area contributed by atoms with Crippen molar-refractivity contribution in [3.05, 3.63) is 76.1 Å². The van der Waals surface area contributed by atoms with Crippen molar-refractivity contribution >= 4 is 23.1 Å². The van der Waals surface area contributed by atoms with E-state index in [0.29, 0.717) is 25.9 Å². The van der Waals surface area contributed by atoms with Crippen molar-refractivity contribution in [2.75, 3.05) is 23.3 Å². The lowest BCUT2D eigenvalue weighted by atomic mass is 9.95. The molecule has 1 aliphatic rings. The maximum Gasteiger partial charge on any atom is 0.306 e. The number of anilines is 2. The third kappa shape index (κ3) is 4.56. The molecule has 0 saturated carbocycles. The lowest BCUT2D eigenvalue weighted by Crippen LogP contribution is -2.38. The van der Waals surface area contributed by atoms with Crippen molar-refractivity contribution in [1.82, 2.24) is 10.2 Å². The lowest BCUT2D eigenvalue weighted by Gasteiger charge is -2.31. The van der Waals surface area contributed by atoms with Crippen molar-refractivity contribution in [3.8, 4) is 11.3 Å². The molecule has 1 aromatic heterocycles. The Labute approximate surface area is 184 Å². The number of rotatable bonds is 5. The maximum absolute atomic E-state index is 13.5. The highest BCUT2D eigenvalue weighted by Crippen LogP contribution is 2.27. The highest BCUT2D eigenvalue weighted by Gasteiger charge is 2.26. The standard InChI is InChI=1S/C23H22FN5O3/c1-15-4-2-3-5-18(15)20-8-9-22(27-26-20)28-12-10-16(11-13-28)23(30)25-17-6-7-19(24)21(14-17)29(31)32/h2-9,14,16H,10-13H2,1H3,(H,25,30). The largest absolute Gasteiger partial charge is 0.355 e. The van der Waals surface area contributed by atoms with Crippen LogP contribution in [0.25, 0.3) is 11.3 Å². The number of amides is 1. The van der Waals surface area contributed by atoms with Gasteiger partial charge in [-0.2, -0.15) is 4.39 Å². The Kier molecular flexibility index (Phi) is 6.07. The van der Waals surface area contributed by atoms with Crippen LogP contribution in [0.2, 0.25) is 0 Å². The van der Waals surface area contributed by atoms with Crippen LogP contribution in [0.15, 0.2) is 54.6 Å². The number of nitrogens with one attached hydrogen (secondary N) is 1. The fourth-order valence-electron chi connectivity index (χ4n) is 3.84. The normalized spacial score (nSPS) is 14.2. The predicted molar refractivity (Wildman–Crippen MR) is 119 cm³/mol. The molecule has 1 aliphatic heterocycles. The average Bonchev–Trinajstić information content (AvgIpc) is 2.81. The van der Waals surface area contributed by atoms with E-state index in [2.05, 4.69) is 20.4 Å². The fraction of sp³-hybridized carbons (Fsp3) is 0.261. The number of nitro groups is 1. The maximum atomic E-state index is 13.5. The SMILES string of the molecule is Cc1ccccc1-c1ccc(N2CCC(C(=O)Nc3ccc(F)c([N+](=O)[O-])c3)CC2)nn1. The van der Waals surface area contributed by atoms with Crippen molar-refractivity contribution in [2.45, 2.75) is 19.8 Å². The second-order valence-electron chi connectivity index (χ2n) is 7.77. The molecule has 0 bridgehead atoms. The van der Waals surface area contributed by atoms with Gasteiger partial charge in [-0.15, -0.1) is 10.2 Å². The molecule has 164 valence electrons. The van der Waals surface area contributed by atoms with Crippen LogP contribution in [0.5, 0.6) is 0 Å². The van der Waals surface area contributed by atoms with Crippen LogP contribution in [0.1, 0.15) is 18.4 Å². The van der Waals surface area contributed by atoms with E-state index in [1.807, 2.05) is 43.3 Å². The summed E-state index contributed by atoms with van der Waals surface area (Å²) in [5.74, 6) is -0.646. The van der Waals surface area contributed by atoms with Gasteiger partial charge in [-0.1, -0.05) is 24.3 Å². The van der Waals surface area contributed by atoms with Gasteiger partial charge in [0.15, 0.2) is 5.82 Å². The van der Waals surface area contributed by atoms with Crippen LogP contribution in [0, 0.1) is 28.8 Å². The van der Waals surface area contributed by atoms with Gasteiger partial charge in [0.05, 0.1) is 10.6 Å². The number of carbonyl (C=O) groups excluding carboxylic acids is 1. The van der Waals surface area contributed by atoms with E-state index in [0.717, 1.165) is 34.8 Å². The molecule has 8 nitrogen and oxygen atoms in total. The summed E-state index contributed by atoms with van der Waals surface area (Å²) in [6.45, 7) is 3.31. The Morgan fingerprint density at radius 1 is 1.12 bits per heavy atom. The number of hydrogen-bond acceptors (Lipinski definition) is 6. The summed E-state index contributed by atoms with van der Waals surface area (Å²) in [6, 6.07) is 15.2. The minimum atomic E-state index is -0.934. The molecule has 0 atom stereocenters. The summed E-state index contributed by atoms with van der Waals surface area (Å²) >= 11 is 0. The smallest absolute Gasteiger partial charge is 0.306 e. The minimum absolute atomic E-state index is 0.211. The van der Waals surface area contributed by atoms with Gasteiger partial charge in [0.25, 0.3) is 0 Å². The van der Waals surface area contributed by atoms with Gasteiger partial charge in [0, 0.05) is 36.3 Å². The molecule has 9 heteroatoms. The number of aryl methyl sites for hydroxylation is 1. The molecular weight excluding hydrogens is 413 g/mol. The van der Waals surface area contributed by atoms with Crippen LogP contribution in [0.3, 0.4) is 0 Å². The summed E-state index contributed by atoms with van der Waals surface area (Å²) < 4.78 is 13.5. The van der Waals surface area contributed by atoms with Gasteiger partial charge < -0.3 is 10.2 Å². The number of aromatic nitrogens is 2. The van der Waals surface area contributed by atoms with Crippen LogP contribution < -0.4 is 10.2 Å². The zero-order chi connectivity index (χ0) is 22.7. The van der Waals surface area contributed by atoms with Gasteiger partial charge in [0.1, 0.15) is 0 Å². The molecule has 3 aromatic rings. The number of benzene rings is 2. The van der Waals surface area contributed by atoms with Crippen molar-refractivity contribution < 1.29 is 14.1 Å². The van der Waals surface area contributed by atoms with Crippen LogP contribution in [-0.2, 0) is 4.79 Å². The molecule has 0 unspecified atom stereocenters. The molecule has 2 heterocycles. The summed E-state index contributed by atoms with van der Waals surface area (Å²) in [5, 5.41) is 22.3. The Bertz CT molecular complexity index is 1140. The van der Waals surface area contributed by atoms with E-state index in [-0.39, 0.29) is 17.5 Å². The van der Waals surface area contributed by atoms with Gasteiger partial charge in [0.2, 0.25) is 11.7 Å². The van der Waals surface area contributed by atoms with E-state index < -0.39 is 16.4 Å². The quantitative estimate of drug-likeness (QED) is 0.472. The van der Waals surface area contributed by atoms with Crippen molar-refractivity contribution in [1.29, 1.82) is 0 Å². The van der Waals surface area contributed by atoms with E-state index in [1.54, 1.807) is 0 Å². The Balaban J connectivity index is 1.36. The first-order valence-corrected chi connectivity index (χ1v) is 10.3. The minimum Gasteiger partial charge on any atom is -0.355 e. The summed E-state index contributed by atoms with van der Waals surface area (Å²) in [7, 11) is 0. The molecule has 1 N–H and O–H groups in total. The molecule has 0 spiro atoms.